The molecule has 0 saturated heterocycles. The van der Waals surface area contributed by atoms with E-state index in [9.17, 15) is 14.9 Å². The van der Waals surface area contributed by atoms with Gasteiger partial charge < -0.3 is 9.73 Å². The second-order valence-corrected chi connectivity index (χ2v) is 4.58. The predicted molar refractivity (Wildman–Crippen MR) is 66.9 cm³/mol. The minimum absolute atomic E-state index is 0.0732. The molecule has 100 valence electrons. The van der Waals surface area contributed by atoms with Crippen molar-refractivity contribution >= 4 is 23.4 Å². The van der Waals surface area contributed by atoms with Crippen LogP contribution in [-0.4, -0.2) is 22.2 Å². The molecule has 0 radical (unpaired) electrons. The van der Waals surface area contributed by atoms with Gasteiger partial charge in [-0.2, -0.15) is 0 Å². The molecule has 1 atom stereocenters. The number of carbonyl (C=O) groups excluding carboxylic acids is 1. The molecule has 0 bridgehead atoms. The molecule has 1 aromatic heterocycles. The summed E-state index contributed by atoms with van der Waals surface area (Å²) in [6, 6.07) is 2.43. The molecular formula is C11H15ClN2O4. The molecule has 1 unspecified atom stereocenters. The van der Waals surface area contributed by atoms with Gasteiger partial charge in [-0.3, -0.25) is 14.9 Å². The first-order valence-corrected chi connectivity index (χ1v) is 6.08. The molecule has 0 aliphatic rings. The van der Waals surface area contributed by atoms with E-state index in [-0.39, 0.29) is 5.76 Å². The monoisotopic (exact) mass is 274 g/mol. The van der Waals surface area contributed by atoms with E-state index in [0.29, 0.717) is 18.7 Å². The highest BCUT2D eigenvalue weighted by Crippen LogP contribution is 2.19. The zero-order chi connectivity index (χ0) is 13.8. The van der Waals surface area contributed by atoms with Crippen molar-refractivity contribution in [2.75, 3.05) is 5.88 Å². The van der Waals surface area contributed by atoms with Gasteiger partial charge in [-0.15, -0.1) is 11.6 Å². The van der Waals surface area contributed by atoms with E-state index in [1.165, 1.54) is 6.07 Å². The van der Waals surface area contributed by atoms with E-state index < -0.39 is 22.3 Å². The van der Waals surface area contributed by atoms with Crippen molar-refractivity contribution in [1.29, 1.82) is 0 Å². The number of halogens is 1. The average Bonchev–Trinajstić information content (AvgIpc) is 2.78. The number of carbonyl (C=O) groups is 1. The van der Waals surface area contributed by atoms with Crippen LogP contribution in [0.3, 0.4) is 0 Å². The molecule has 0 saturated carbocycles. The molecule has 0 fully saturated rings. The molecule has 1 heterocycles. The lowest BCUT2D eigenvalue weighted by Gasteiger charge is -2.28. The van der Waals surface area contributed by atoms with Crippen LogP contribution in [0.15, 0.2) is 16.5 Å². The van der Waals surface area contributed by atoms with E-state index in [0.717, 1.165) is 6.07 Å². The number of alkyl halides is 1. The van der Waals surface area contributed by atoms with Gasteiger partial charge in [-0.05, 0) is 25.8 Å². The van der Waals surface area contributed by atoms with Gasteiger partial charge in [0.2, 0.25) is 0 Å². The Morgan fingerprint density at radius 1 is 1.61 bits per heavy atom. The molecule has 1 N–H and O–H groups in total. The largest absolute Gasteiger partial charge is 0.433 e. The maximum absolute atomic E-state index is 11.9. The quantitative estimate of drug-likeness (QED) is 0.491. The van der Waals surface area contributed by atoms with Crippen molar-refractivity contribution in [3.63, 3.8) is 0 Å². The lowest BCUT2D eigenvalue weighted by atomic mass is 9.95. The third kappa shape index (κ3) is 3.46. The van der Waals surface area contributed by atoms with Gasteiger partial charge in [0.05, 0.1) is 6.07 Å². The Labute approximate surface area is 109 Å². The predicted octanol–water partition coefficient (Wildman–Crippen LogP) is 2.72. The molecule has 0 spiro atoms. The van der Waals surface area contributed by atoms with E-state index in [1.54, 1.807) is 0 Å². The molecule has 1 amide bonds. The van der Waals surface area contributed by atoms with Gasteiger partial charge in [0.25, 0.3) is 5.91 Å². The molecule has 18 heavy (non-hydrogen) atoms. The third-order valence-electron chi connectivity index (χ3n) is 2.84. The Kier molecular flexibility index (Phi) is 4.72. The molecule has 0 aromatic carbocycles. The minimum atomic E-state index is -0.686. The molecule has 0 aliphatic carbocycles. The number of nitrogens with one attached hydrogen (secondary N) is 1. The van der Waals surface area contributed by atoms with Crippen LogP contribution in [-0.2, 0) is 0 Å². The molecule has 7 heteroatoms. The Morgan fingerprint density at radius 3 is 2.72 bits per heavy atom. The number of amides is 1. The number of hydrogen-bond acceptors (Lipinski definition) is 4. The van der Waals surface area contributed by atoms with Crippen LogP contribution in [0.25, 0.3) is 0 Å². The topological polar surface area (TPSA) is 85.4 Å². The first-order valence-electron chi connectivity index (χ1n) is 5.54. The fourth-order valence-corrected chi connectivity index (χ4v) is 1.84. The van der Waals surface area contributed by atoms with Crippen molar-refractivity contribution in [3.8, 4) is 0 Å². The van der Waals surface area contributed by atoms with Crippen molar-refractivity contribution in [2.45, 2.75) is 32.2 Å². The summed E-state index contributed by atoms with van der Waals surface area (Å²) in [5, 5.41) is 13.2. The fraction of sp³-hybridized carbons (Fsp3) is 0.545. The van der Waals surface area contributed by atoms with E-state index in [4.69, 9.17) is 16.0 Å². The zero-order valence-electron chi connectivity index (χ0n) is 10.2. The van der Waals surface area contributed by atoms with E-state index >= 15 is 0 Å². The second kappa shape index (κ2) is 5.86. The molecule has 1 rings (SSSR count). The Morgan fingerprint density at radius 2 is 2.28 bits per heavy atom. The first-order chi connectivity index (χ1) is 8.41. The van der Waals surface area contributed by atoms with Gasteiger partial charge in [0, 0.05) is 11.4 Å². The summed E-state index contributed by atoms with van der Waals surface area (Å²) >= 11 is 5.68. The number of hydrogen-bond donors (Lipinski definition) is 1. The fourth-order valence-electron chi connectivity index (χ4n) is 1.42. The molecule has 6 nitrogen and oxygen atoms in total. The third-order valence-corrected chi connectivity index (χ3v) is 3.03. The van der Waals surface area contributed by atoms with Crippen LogP contribution in [0, 0.1) is 10.1 Å². The van der Waals surface area contributed by atoms with Crippen molar-refractivity contribution in [3.05, 3.63) is 28.0 Å². The Hall–Kier alpha value is -1.56. The molecule has 0 aliphatic heterocycles. The lowest BCUT2D eigenvalue weighted by molar-refractivity contribution is -0.402. The molecule has 1 aromatic rings. The highest BCUT2D eigenvalue weighted by Gasteiger charge is 2.26. The molecular weight excluding hydrogens is 260 g/mol. The van der Waals surface area contributed by atoms with Crippen LogP contribution in [0.1, 0.15) is 37.2 Å². The van der Waals surface area contributed by atoms with E-state index in [2.05, 4.69) is 5.32 Å². The summed E-state index contributed by atoms with van der Waals surface area (Å²) < 4.78 is 4.83. The summed E-state index contributed by atoms with van der Waals surface area (Å²) in [4.78, 5) is 21.6. The van der Waals surface area contributed by atoms with Crippen molar-refractivity contribution in [2.24, 2.45) is 0 Å². The van der Waals surface area contributed by atoms with Gasteiger partial charge >= 0.3 is 5.88 Å². The van der Waals surface area contributed by atoms with Crippen LogP contribution in [0.5, 0.6) is 0 Å². The summed E-state index contributed by atoms with van der Waals surface area (Å²) in [5.41, 5.74) is -0.444. The number of nitro groups is 1. The summed E-state index contributed by atoms with van der Waals surface area (Å²) in [7, 11) is 0. The van der Waals surface area contributed by atoms with Crippen LogP contribution >= 0.6 is 11.6 Å². The summed E-state index contributed by atoms with van der Waals surface area (Å²) in [6.45, 7) is 3.79. The van der Waals surface area contributed by atoms with E-state index in [1.807, 2.05) is 13.8 Å². The smallest absolute Gasteiger partial charge is 0.395 e. The number of furan rings is 1. The first kappa shape index (κ1) is 14.5. The SMILES string of the molecule is CCC(C)(CCCl)NC(=O)c1ccc([N+](=O)[O-])o1. The summed E-state index contributed by atoms with van der Waals surface area (Å²) in [5.74, 6) is -0.577. The normalized spacial score (nSPS) is 13.9. The van der Waals surface area contributed by atoms with Gasteiger partial charge in [0.15, 0.2) is 5.76 Å². The van der Waals surface area contributed by atoms with Gasteiger partial charge in [0.1, 0.15) is 4.92 Å². The average molecular weight is 275 g/mol. The minimum Gasteiger partial charge on any atom is -0.395 e. The maximum Gasteiger partial charge on any atom is 0.433 e. The standard InChI is InChI=1S/C11H15ClN2O4/c1-3-11(2,6-7-12)13-10(15)8-4-5-9(18-8)14(16)17/h4-5H,3,6-7H2,1-2H3,(H,13,15). The highest BCUT2D eigenvalue weighted by atomic mass is 35.5. The van der Waals surface area contributed by atoms with Crippen LogP contribution < -0.4 is 5.32 Å². The Balaban J connectivity index is 2.77. The van der Waals surface area contributed by atoms with Crippen LogP contribution in [0.2, 0.25) is 0 Å². The second-order valence-electron chi connectivity index (χ2n) is 4.20. The van der Waals surface area contributed by atoms with Crippen molar-refractivity contribution < 1.29 is 14.1 Å². The number of nitrogens with zero attached hydrogens (tertiary/aromatic N) is 1. The Bertz CT molecular complexity index is 446. The van der Waals surface area contributed by atoms with Crippen molar-refractivity contribution in [1.82, 2.24) is 5.32 Å². The van der Waals surface area contributed by atoms with Crippen LogP contribution in [0.4, 0.5) is 5.88 Å². The number of rotatable bonds is 6. The van der Waals surface area contributed by atoms with Gasteiger partial charge in [-0.25, -0.2) is 0 Å². The van der Waals surface area contributed by atoms with Gasteiger partial charge in [-0.1, -0.05) is 6.92 Å². The zero-order valence-corrected chi connectivity index (χ0v) is 11.0. The summed E-state index contributed by atoms with van der Waals surface area (Å²) in [6.07, 6.45) is 1.31. The maximum atomic E-state index is 11.9. The highest BCUT2D eigenvalue weighted by molar-refractivity contribution is 6.17. The lowest BCUT2D eigenvalue weighted by Crippen LogP contribution is -2.45.